The minimum Gasteiger partial charge on any atom is -0.342 e. The lowest BCUT2D eigenvalue weighted by Gasteiger charge is -2.26. The van der Waals surface area contributed by atoms with E-state index in [1.165, 1.54) is 11.3 Å². The Morgan fingerprint density at radius 1 is 1.00 bits per heavy atom. The molecule has 0 aromatic rings. The van der Waals surface area contributed by atoms with Gasteiger partial charge in [0.25, 0.3) is 0 Å². The highest BCUT2D eigenvalue weighted by Crippen LogP contribution is 2.27. The lowest BCUT2D eigenvalue weighted by atomic mass is 10.1. The largest absolute Gasteiger partial charge is 0.342 e. The van der Waals surface area contributed by atoms with Crippen molar-refractivity contribution in [3.8, 4) is 11.3 Å². The predicted octanol–water partition coefficient (Wildman–Crippen LogP) is 3.35. The summed E-state index contributed by atoms with van der Waals surface area (Å²) in [4.78, 5) is 0. The highest BCUT2D eigenvalue weighted by molar-refractivity contribution is 5.62. The molecule has 0 spiro atoms. The van der Waals surface area contributed by atoms with Crippen molar-refractivity contribution in [3.63, 3.8) is 0 Å². The van der Waals surface area contributed by atoms with Gasteiger partial charge in [-0.05, 0) is 38.5 Å². The Hall–Kier alpha value is -1.24. The van der Waals surface area contributed by atoms with E-state index in [0.29, 0.717) is 0 Å². The van der Waals surface area contributed by atoms with Gasteiger partial charge in [0.05, 0.1) is 0 Å². The Bertz CT molecular complexity index is 379. The van der Waals surface area contributed by atoms with Gasteiger partial charge in [-0.25, -0.2) is 0 Å². The van der Waals surface area contributed by atoms with Gasteiger partial charge in [0.15, 0.2) is 0 Å². The van der Waals surface area contributed by atoms with Crippen molar-refractivity contribution in [2.24, 2.45) is 0 Å². The molecule has 1 aliphatic carbocycles. The molecule has 2 rings (SSSR count). The first-order valence-electron chi connectivity index (χ1n) is 4.65. The quantitative estimate of drug-likeness (QED) is 0.575. The summed E-state index contributed by atoms with van der Waals surface area (Å²) in [6, 6.07) is 10.7. The third kappa shape index (κ3) is 1.35. The van der Waals surface area contributed by atoms with Crippen molar-refractivity contribution >= 4 is 0 Å². The van der Waals surface area contributed by atoms with E-state index in [-0.39, 0.29) is 5.54 Å². The number of aromatic nitrogens is 1. The van der Waals surface area contributed by atoms with Gasteiger partial charge in [-0.1, -0.05) is 18.2 Å². The minimum atomic E-state index is 0.161. The summed E-state index contributed by atoms with van der Waals surface area (Å²) < 4.78 is 2.31. The van der Waals surface area contributed by atoms with Crippen molar-refractivity contribution in [1.29, 1.82) is 0 Å². The molecule has 1 aliphatic heterocycles. The average Bonchev–Trinajstić information content (AvgIpc) is 2.48. The van der Waals surface area contributed by atoms with Crippen LogP contribution in [0.15, 0.2) is 36.5 Å². The van der Waals surface area contributed by atoms with E-state index in [4.69, 9.17) is 0 Å². The van der Waals surface area contributed by atoms with E-state index in [1.54, 1.807) is 0 Å². The average molecular weight is 173 g/mol. The molecule has 0 N–H and O–H groups in total. The standard InChI is InChI=1S/C12H15N/c1-12(2,3)13-9-5-7-10-6-4-8-11(10)13/h4-9H,1-3H3. The zero-order valence-corrected chi connectivity index (χ0v) is 8.41. The topological polar surface area (TPSA) is 4.93 Å². The van der Waals surface area contributed by atoms with Crippen LogP contribution in [0.25, 0.3) is 11.3 Å². The summed E-state index contributed by atoms with van der Waals surface area (Å²) >= 11 is 0. The molecule has 0 radical (unpaired) electrons. The van der Waals surface area contributed by atoms with Gasteiger partial charge in [-0.3, -0.25) is 0 Å². The Morgan fingerprint density at radius 2 is 1.69 bits per heavy atom. The van der Waals surface area contributed by atoms with Crippen molar-refractivity contribution in [3.05, 3.63) is 36.5 Å². The highest BCUT2D eigenvalue weighted by atomic mass is 15.0. The monoisotopic (exact) mass is 173 g/mol. The van der Waals surface area contributed by atoms with Crippen LogP contribution in [-0.4, -0.2) is 4.57 Å². The van der Waals surface area contributed by atoms with Crippen LogP contribution in [0.5, 0.6) is 0 Å². The molecule has 0 fully saturated rings. The maximum Gasteiger partial charge on any atom is 0.0484 e. The third-order valence-electron chi connectivity index (χ3n) is 2.32. The molecule has 2 aliphatic rings. The summed E-state index contributed by atoms with van der Waals surface area (Å²) in [6.07, 6.45) is 2.14. The number of rotatable bonds is 0. The van der Waals surface area contributed by atoms with E-state index < -0.39 is 0 Å². The van der Waals surface area contributed by atoms with E-state index >= 15 is 0 Å². The van der Waals surface area contributed by atoms with Gasteiger partial charge < -0.3 is 4.57 Å². The molecular formula is C12H15N. The molecule has 1 heterocycles. The Balaban J connectivity index is 2.65. The van der Waals surface area contributed by atoms with E-state index in [9.17, 15) is 0 Å². The maximum atomic E-state index is 2.31. The van der Waals surface area contributed by atoms with Crippen LogP contribution < -0.4 is 0 Å². The lowest BCUT2D eigenvalue weighted by molar-refractivity contribution is 0.399. The van der Waals surface area contributed by atoms with E-state index in [0.717, 1.165) is 0 Å². The van der Waals surface area contributed by atoms with Crippen LogP contribution in [0.4, 0.5) is 0 Å². The summed E-state index contributed by atoms with van der Waals surface area (Å²) in [6.45, 7) is 6.66. The number of hydrogen-bond donors (Lipinski definition) is 0. The number of nitrogens with zero attached hydrogens (tertiary/aromatic N) is 1. The van der Waals surface area contributed by atoms with Crippen molar-refractivity contribution in [2.75, 3.05) is 0 Å². The Labute approximate surface area is 79.3 Å². The molecule has 0 amide bonds. The number of fused-ring (bicyclic) bond motifs is 1. The third-order valence-corrected chi connectivity index (χ3v) is 2.32. The Kier molecular flexibility index (Phi) is 1.69. The SMILES string of the molecule is CC(C)(C)n1cccc2cccc1-2. The first-order chi connectivity index (χ1) is 6.09. The van der Waals surface area contributed by atoms with Crippen LogP contribution >= 0.6 is 0 Å². The zero-order valence-electron chi connectivity index (χ0n) is 8.41. The van der Waals surface area contributed by atoms with Gasteiger partial charge >= 0.3 is 0 Å². The van der Waals surface area contributed by atoms with Crippen LogP contribution in [0.2, 0.25) is 0 Å². The fourth-order valence-corrected chi connectivity index (χ4v) is 1.68. The number of pyridine rings is 1. The molecular weight excluding hydrogens is 158 g/mol. The van der Waals surface area contributed by atoms with E-state index in [1.807, 2.05) is 0 Å². The van der Waals surface area contributed by atoms with Crippen LogP contribution in [0.1, 0.15) is 20.8 Å². The molecule has 68 valence electrons. The molecule has 0 aromatic heterocycles. The van der Waals surface area contributed by atoms with Gasteiger partial charge in [0.1, 0.15) is 0 Å². The fraction of sp³-hybridized carbons (Fsp3) is 0.333. The minimum absolute atomic E-state index is 0.161. The summed E-state index contributed by atoms with van der Waals surface area (Å²) in [5.74, 6) is 0. The van der Waals surface area contributed by atoms with Gasteiger partial charge in [0.2, 0.25) is 0 Å². The second kappa shape index (κ2) is 2.63. The van der Waals surface area contributed by atoms with E-state index in [2.05, 4.69) is 61.9 Å². The normalized spacial score (nSPS) is 12.2. The molecule has 0 unspecified atom stereocenters. The summed E-state index contributed by atoms with van der Waals surface area (Å²) in [5, 5.41) is 0. The number of hydrogen-bond acceptors (Lipinski definition) is 0. The predicted molar refractivity (Wildman–Crippen MR) is 56.1 cm³/mol. The second-order valence-electron chi connectivity index (χ2n) is 4.42. The molecule has 0 saturated heterocycles. The van der Waals surface area contributed by atoms with Crippen molar-refractivity contribution < 1.29 is 0 Å². The second-order valence-corrected chi connectivity index (χ2v) is 4.42. The van der Waals surface area contributed by atoms with Crippen molar-refractivity contribution in [2.45, 2.75) is 26.3 Å². The fourth-order valence-electron chi connectivity index (χ4n) is 1.68. The first-order valence-corrected chi connectivity index (χ1v) is 4.65. The maximum absolute atomic E-state index is 2.31. The molecule has 1 heteroatoms. The first kappa shape index (κ1) is 8.36. The van der Waals surface area contributed by atoms with Crippen molar-refractivity contribution in [1.82, 2.24) is 4.57 Å². The zero-order chi connectivity index (χ0) is 9.47. The van der Waals surface area contributed by atoms with Crippen LogP contribution in [0, 0.1) is 0 Å². The van der Waals surface area contributed by atoms with Gasteiger partial charge in [0, 0.05) is 17.4 Å². The lowest BCUT2D eigenvalue weighted by Crippen LogP contribution is -2.22. The molecule has 13 heavy (non-hydrogen) atoms. The summed E-state index contributed by atoms with van der Waals surface area (Å²) in [5.41, 5.74) is 2.79. The van der Waals surface area contributed by atoms with Crippen LogP contribution in [0.3, 0.4) is 0 Å². The molecule has 0 aromatic carbocycles. The van der Waals surface area contributed by atoms with Crippen LogP contribution in [-0.2, 0) is 5.54 Å². The highest BCUT2D eigenvalue weighted by Gasteiger charge is 2.16. The molecule has 0 saturated carbocycles. The summed E-state index contributed by atoms with van der Waals surface area (Å²) in [7, 11) is 0. The molecule has 0 bridgehead atoms. The van der Waals surface area contributed by atoms with Gasteiger partial charge in [-0.2, -0.15) is 0 Å². The van der Waals surface area contributed by atoms with Gasteiger partial charge in [-0.15, -0.1) is 0 Å². The molecule has 1 nitrogen and oxygen atoms in total. The molecule has 0 atom stereocenters. The smallest absolute Gasteiger partial charge is 0.0484 e. The Morgan fingerprint density at radius 3 is 2.38 bits per heavy atom.